The van der Waals surface area contributed by atoms with Gasteiger partial charge < -0.3 is 15.7 Å². The van der Waals surface area contributed by atoms with Gasteiger partial charge in [0.15, 0.2) is 0 Å². The van der Waals surface area contributed by atoms with Crippen molar-refractivity contribution >= 4 is 29.4 Å². The molecule has 0 saturated heterocycles. The summed E-state index contributed by atoms with van der Waals surface area (Å²) in [4.78, 5) is 52.1. The fourth-order valence-corrected chi connectivity index (χ4v) is 4.64. The maximum Gasteiger partial charge on any atom is 0.394 e. The standard InChI is InChI=1S/C25H24F3N3O5/c1-13(25(26,27)28)19(30-21(32)15-6-3-2-4-7-15)22(33)29-17-11-10-14-8-5-9-16-12-18(24(35)36)31(20(14)16)23(17)34/h2-9,13,17-19H,10-12H2,1H3,(H,29,33)(H,30,32)(H,35,36)/t13?,17-,18-,19?/m0/s1. The van der Waals surface area contributed by atoms with E-state index in [0.717, 1.165) is 17.4 Å². The molecule has 4 rings (SSSR count). The molecule has 8 nitrogen and oxygen atoms in total. The van der Waals surface area contributed by atoms with E-state index in [1.165, 1.54) is 24.3 Å². The summed E-state index contributed by atoms with van der Waals surface area (Å²) >= 11 is 0. The number of nitrogens with zero attached hydrogens (tertiary/aromatic N) is 1. The van der Waals surface area contributed by atoms with E-state index in [4.69, 9.17) is 0 Å². The Balaban J connectivity index is 1.60. The van der Waals surface area contributed by atoms with Crippen LogP contribution in [0.2, 0.25) is 0 Å². The van der Waals surface area contributed by atoms with Crippen molar-refractivity contribution in [2.75, 3.05) is 4.90 Å². The number of para-hydroxylation sites is 1. The van der Waals surface area contributed by atoms with Gasteiger partial charge in [0.25, 0.3) is 5.91 Å². The number of carbonyl (C=O) groups is 4. The van der Waals surface area contributed by atoms with Gasteiger partial charge in [-0.25, -0.2) is 4.79 Å². The first-order valence-electron chi connectivity index (χ1n) is 11.4. The minimum Gasteiger partial charge on any atom is -0.480 e. The lowest BCUT2D eigenvalue weighted by Gasteiger charge is -2.30. The van der Waals surface area contributed by atoms with Crippen molar-refractivity contribution in [3.8, 4) is 0 Å². The molecular weight excluding hydrogens is 479 g/mol. The van der Waals surface area contributed by atoms with E-state index < -0.39 is 53.9 Å². The average Bonchev–Trinajstić information content (AvgIpc) is 3.18. The lowest BCUT2D eigenvalue weighted by Crippen LogP contribution is -2.58. The molecule has 0 radical (unpaired) electrons. The van der Waals surface area contributed by atoms with Crippen LogP contribution in [0.5, 0.6) is 0 Å². The summed E-state index contributed by atoms with van der Waals surface area (Å²) in [6.45, 7) is 0.771. The number of carboxylic acid groups (broad SMARTS) is 1. The van der Waals surface area contributed by atoms with Crippen molar-refractivity contribution < 1.29 is 37.5 Å². The molecule has 4 atom stereocenters. The van der Waals surface area contributed by atoms with Gasteiger partial charge >= 0.3 is 12.1 Å². The van der Waals surface area contributed by atoms with Gasteiger partial charge in [-0.1, -0.05) is 43.3 Å². The third-order valence-electron chi connectivity index (χ3n) is 6.63. The van der Waals surface area contributed by atoms with Crippen LogP contribution in [0.25, 0.3) is 0 Å². The third-order valence-corrected chi connectivity index (χ3v) is 6.63. The van der Waals surface area contributed by atoms with Gasteiger partial charge in [-0.3, -0.25) is 19.3 Å². The predicted octanol–water partition coefficient (Wildman–Crippen LogP) is 2.46. The van der Waals surface area contributed by atoms with Gasteiger partial charge in [-0.05, 0) is 36.1 Å². The third kappa shape index (κ3) is 4.77. The number of nitrogens with one attached hydrogen (secondary N) is 2. The van der Waals surface area contributed by atoms with Crippen LogP contribution in [-0.4, -0.2) is 53.1 Å². The van der Waals surface area contributed by atoms with Gasteiger partial charge in [-0.15, -0.1) is 0 Å². The number of halogens is 3. The molecule has 0 saturated carbocycles. The largest absolute Gasteiger partial charge is 0.480 e. The van der Waals surface area contributed by atoms with E-state index in [1.807, 2.05) is 0 Å². The summed E-state index contributed by atoms with van der Waals surface area (Å²) in [7, 11) is 0. The highest BCUT2D eigenvalue weighted by molar-refractivity contribution is 6.07. The monoisotopic (exact) mass is 503 g/mol. The Morgan fingerprint density at radius 3 is 2.36 bits per heavy atom. The molecule has 2 unspecified atom stereocenters. The number of aryl methyl sites for hydroxylation is 1. The molecule has 190 valence electrons. The fourth-order valence-electron chi connectivity index (χ4n) is 4.64. The Bertz CT molecular complexity index is 1200. The summed E-state index contributed by atoms with van der Waals surface area (Å²) in [5.41, 5.74) is 1.95. The number of benzene rings is 2. The molecule has 0 bridgehead atoms. The fraction of sp³-hybridized carbons (Fsp3) is 0.360. The van der Waals surface area contributed by atoms with Crippen LogP contribution in [0.1, 0.15) is 34.8 Å². The molecule has 0 aromatic heterocycles. The van der Waals surface area contributed by atoms with Crippen molar-refractivity contribution in [3.05, 3.63) is 65.2 Å². The van der Waals surface area contributed by atoms with E-state index in [9.17, 15) is 37.5 Å². The van der Waals surface area contributed by atoms with Crippen molar-refractivity contribution in [1.82, 2.24) is 10.6 Å². The zero-order chi connectivity index (χ0) is 26.2. The first kappa shape index (κ1) is 25.2. The Hall–Kier alpha value is -3.89. The van der Waals surface area contributed by atoms with E-state index in [0.29, 0.717) is 17.7 Å². The zero-order valence-corrected chi connectivity index (χ0v) is 19.2. The van der Waals surface area contributed by atoms with E-state index in [-0.39, 0.29) is 18.4 Å². The number of rotatable bonds is 6. The lowest BCUT2D eigenvalue weighted by molar-refractivity contribution is -0.179. The van der Waals surface area contributed by atoms with Crippen molar-refractivity contribution in [2.24, 2.45) is 5.92 Å². The van der Waals surface area contributed by atoms with E-state index in [1.54, 1.807) is 24.3 Å². The van der Waals surface area contributed by atoms with Crippen molar-refractivity contribution in [1.29, 1.82) is 0 Å². The summed E-state index contributed by atoms with van der Waals surface area (Å²) in [6.07, 6.45) is -4.36. The SMILES string of the molecule is CC(C(NC(=O)c1ccccc1)C(=O)N[C@H]1CCc2cccc3c2N(C1=O)[C@H](C(=O)O)C3)C(F)(F)F. The molecule has 36 heavy (non-hydrogen) atoms. The molecule has 0 spiro atoms. The Kier molecular flexibility index (Phi) is 6.75. The number of carboxylic acids is 1. The van der Waals surface area contributed by atoms with Crippen molar-refractivity contribution in [2.45, 2.75) is 50.5 Å². The minimum atomic E-state index is -4.81. The number of anilines is 1. The Morgan fingerprint density at radius 2 is 1.72 bits per heavy atom. The summed E-state index contributed by atoms with van der Waals surface area (Å²) in [5, 5.41) is 14.2. The smallest absolute Gasteiger partial charge is 0.394 e. The van der Waals surface area contributed by atoms with Crippen LogP contribution in [0, 0.1) is 5.92 Å². The topological polar surface area (TPSA) is 116 Å². The van der Waals surface area contributed by atoms with Gasteiger partial charge in [0.2, 0.25) is 11.8 Å². The van der Waals surface area contributed by atoms with Crippen LogP contribution in [0.3, 0.4) is 0 Å². The van der Waals surface area contributed by atoms with Gasteiger partial charge in [-0.2, -0.15) is 13.2 Å². The molecule has 2 heterocycles. The van der Waals surface area contributed by atoms with E-state index >= 15 is 0 Å². The predicted molar refractivity (Wildman–Crippen MR) is 122 cm³/mol. The molecule has 2 aromatic rings. The van der Waals surface area contributed by atoms with Crippen LogP contribution >= 0.6 is 0 Å². The van der Waals surface area contributed by atoms with Crippen LogP contribution in [-0.2, 0) is 27.2 Å². The first-order valence-corrected chi connectivity index (χ1v) is 11.4. The second kappa shape index (κ2) is 9.63. The summed E-state index contributed by atoms with van der Waals surface area (Å²) < 4.78 is 40.8. The Morgan fingerprint density at radius 1 is 1.06 bits per heavy atom. The number of amides is 3. The second-order valence-electron chi connectivity index (χ2n) is 8.94. The number of aliphatic carboxylic acids is 1. The molecule has 3 N–H and O–H groups in total. The highest BCUT2D eigenvalue weighted by Crippen LogP contribution is 2.39. The van der Waals surface area contributed by atoms with E-state index in [2.05, 4.69) is 10.6 Å². The molecule has 0 aliphatic carbocycles. The molecule has 3 amide bonds. The molecule has 2 aromatic carbocycles. The normalized spacial score (nSPS) is 20.7. The maximum absolute atomic E-state index is 13.6. The van der Waals surface area contributed by atoms with Crippen LogP contribution in [0.4, 0.5) is 18.9 Å². The maximum atomic E-state index is 13.6. The molecule has 11 heteroatoms. The highest BCUT2D eigenvalue weighted by Gasteiger charge is 2.47. The Labute approximate surface area is 204 Å². The zero-order valence-electron chi connectivity index (χ0n) is 19.2. The number of alkyl halides is 3. The van der Waals surface area contributed by atoms with Gasteiger partial charge in [0, 0.05) is 12.0 Å². The first-order chi connectivity index (χ1) is 17.0. The number of carbonyl (C=O) groups excluding carboxylic acids is 3. The second-order valence-corrected chi connectivity index (χ2v) is 8.94. The van der Waals surface area contributed by atoms with Crippen LogP contribution < -0.4 is 15.5 Å². The van der Waals surface area contributed by atoms with Gasteiger partial charge in [0.05, 0.1) is 11.6 Å². The summed E-state index contributed by atoms with van der Waals surface area (Å²) in [5.74, 6) is -6.25. The minimum absolute atomic E-state index is 0.0591. The summed E-state index contributed by atoms with van der Waals surface area (Å²) in [6, 6.07) is 8.23. The highest BCUT2D eigenvalue weighted by atomic mass is 19.4. The van der Waals surface area contributed by atoms with Crippen molar-refractivity contribution in [3.63, 3.8) is 0 Å². The quantitative estimate of drug-likeness (QED) is 0.560. The van der Waals surface area contributed by atoms with Gasteiger partial charge in [0.1, 0.15) is 18.1 Å². The molecule has 2 aliphatic heterocycles. The number of hydrogen-bond donors (Lipinski definition) is 3. The lowest BCUT2D eigenvalue weighted by atomic mass is 9.98. The number of hydrogen-bond acceptors (Lipinski definition) is 4. The van der Waals surface area contributed by atoms with Crippen LogP contribution in [0.15, 0.2) is 48.5 Å². The molecule has 2 aliphatic rings. The average molecular weight is 503 g/mol. The molecule has 0 fully saturated rings. The molecular formula is C25H24F3N3O5.